The highest BCUT2D eigenvalue weighted by atomic mass is 16.1. The summed E-state index contributed by atoms with van der Waals surface area (Å²) in [4.78, 5) is 12.0. The van der Waals surface area contributed by atoms with Gasteiger partial charge in [-0.05, 0) is 32.7 Å². The highest BCUT2D eigenvalue weighted by Gasteiger charge is 2.34. The molecule has 0 aliphatic carbocycles. The summed E-state index contributed by atoms with van der Waals surface area (Å²) in [6.07, 6.45) is 10.5. The number of Topliss-reactive ketones (excluding diaryl/α,β-unsaturated/α-hetero) is 1. The molecule has 0 bridgehead atoms. The Hall–Kier alpha value is -0.370. The van der Waals surface area contributed by atoms with E-state index in [0.717, 1.165) is 32.2 Å². The summed E-state index contributed by atoms with van der Waals surface area (Å²) in [6.45, 7) is 5.31. The van der Waals surface area contributed by atoms with Crippen molar-refractivity contribution in [2.24, 2.45) is 0 Å². The number of hydrogen-bond donors (Lipinski definition) is 1. The zero-order valence-corrected chi connectivity index (χ0v) is 11.0. The smallest absolute Gasteiger partial charge is 0.152 e. The molecule has 1 heterocycles. The van der Waals surface area contributed by atoms with Crippen LogP contribution >= 0.6 is 0 Å². The van der Waals surface area contributed by atoms with Crippen LogP contribution in [0.25, 0.3) is 0 Å². The van der Waals surface area contributed by atoms with Crippen LogP contribution in [0.3, 0.4) is 0 Å². The van der Waals surface area contributed by atoms with E-state index in [0.29, 0.717) is 5.78 Å². The molecule has 2 nitrogen and oxygen atoms in total. The zero-order chi connectivity index (χ0) is 11.9. The summed E-state index contributed by atoms with van der Waals surface area (Å²) in [5.41, 5.74) is -0.191. The standard InChI is InChI=1S/C14H27NO/c1-3-4-5-6-7-8-10-13(16)14(2)11-9-12-15-14/h15H,3-12H2,1-2H3. The quantitative estimate of drug-likeness (QED) is 0.641. The Morgan fingerprint density at radius 3 is 2.50 bits per heavy atom. The van der Waals surface area contributed by atoms with Crippen molar-refractivity contribution >= 4 is 5.78 Å². The third-order valence-corrected chi connectivity index (χ3v) is 3.74. The van der Waals surface area contributed by atoms with Crippen LogP contribution < -0.4 is 5.32 Å². The second kappa shape index (κ2) is 7.05. The average molecular weight is 225 g/mol. The molecule has 1 fully saturated rings. The van der Waals surface area contributed by atoms with Gasteiger partial charge in [0, 0.05) is 6.42 Å². The van der Waals surface area contributed by atoms with Crippen LogP contribution in [0.4, 0.5) is 0 Å². The van der Waals surface area contributed by atoms with Crippen molar-refractivity contribution in [2.45, 2.75) is 77.2 Å². The van der Waals surface area contributed by atoms with Gasteiger partial charge in [0.2, 0.25) is 0 Å². The van der Waals surface area contributed by atoms with Crippen molar-refractivity contribution in [1.29, 1.82) is 0 Å². The second-order valence-corrected chi connectivity index (χ2v) is 5.30. The van der Waals surface area contributed by atoms with Gasteiger partial charge in [-0.3, -0.25) is 4.79 Å². The summed E-state index contributed by atoms with van der Waals surface area (Å²) >= 11 is 0. The minimum absolute atomic E-state index is 0.191. The van der Waals surface area contributed by atoms with Crippen molar-refractivity contribution in [3.05, 3.63) is 0 Å². The molecule has 2 heteroatoms. The van der Waals surface area contributed by atoms with E-state index in [9.17, 15) is 4.79 Å². The molecule has 1 rings (SSSR count). The Morgan fingerprint density at radius 1 is 1.19 bits per heavy atom. The summed E-state index contributed by atoms with van der Waals surface area (Å²) < 4.78 is 0. The van der Waals surface area contributed by atoms with Crippen LogP contribution in [-0.4, -0.2) is 17.9 Å². The fourth-order valence-corrected chi connectivity index (χ4v) is 2.47. The highest BCUT2D eigenvalue weighted by Crippen LogP contribution is 2.22. The molecule has 0 aromatic rings. The van der Waals surface area contributed by atoms with E-state index in [1.165, 1.54) is 32.1 Å². The highest BCUT2D eigenvalue weighted by molar-refractivity contribution is 5.88. The van der Waals surface area contributed by atoms with Crippen LogP contribution in [0.5, 0.6) is 0 Å². The average Bonchev–Trinajstić information content (AvgIpc) is 2.71. The Bertz CT molecular complexity index is 207. The Labute approximate surface area is 100 Å². The van der Waals surface area contributed by atoms with Gasteiger partial charge in [0.05, 0.1) is 5.54 Å². The van der Waals surface area contributed by atoms with Crippen molar-refractivity contribution < 1.29 is 4.79 Å². The van der Waals surface area contributed by atoms with Gasteiger partial charge >= 0.3 is 0 Å². The number of nitrogens with one attached hydrogen (secondary N) is 1. The van der Waals surface area contributed by atoms with E-state index < -0.39 is 0 Å². The number of carbonyl (C=O) groups excluding carboxylic acids is 1. The summed E-state index contributed by atoms with van der Waals surface area (Å²) in [5, 5.41) is 3.34. The molecule has 1 aliphatic rings. The topological polar surface area (TPSA) is 29.1 Å². The van der Waals surface area contributed by atoms with E-state index in [1.807, 2.05) is 0 Å². The fraction of sp³-hybridized carbons (Fsp3) is 0.929. The molecular weight excluding hydrogens is 198 g/mol. The van der Waals surface area contributed by atoms with Crippen LogP contribution in [0.2, 0.25) is 0 Å². The van der Waals surface area contributed by atoms with Gasteiger partial charge in [0.1, 0.15) is 0 Å². The van der Waals surface area contributed by atoms with E-state index >= 15 is 0 Å². The lowest BCUT2D eigenvalue weighted by Crippen LogP contribution is -2.44. The first-order chi connectivity index (χ1) is 7.69. The van der Waals surface area contributed by atoms with Crippen molar-refractivity contribution in [2.75, 3.05) is 6.54 Å². The van der Waals surface area contributed by atoms with Gasteiger partial charge in [-0.1, -0.05) is 39.0 Å². The van der Waals surface area contributed by atoms with Crippen LogP contribution in [0.15, 0.2) is 0 Å². The van der Waals surface area contributed by atoms with Crippen LogP contribution in [0.1, 0.15) is 71.6 Å². The number of hydrogen-bond acceptors (Lipinski definition) is 2. The monoisotopic (exact) mass is 225 g/mol. The van der Waals surface area contributed by atoms with Crippen molar-refractivity contribution in [1.82, 2.24) is 5.32 Å². The summed E-state index contributed by atoms with van der Waals surface area (Å²) in [5.74, 6) is 0.431. The molecule has 1 aliphatic heterocycles. The molecule has 1 unspecified atom stereocenters. The van der Waals surface area contributed by atoms with Crippen molar-refractivity contribution in [3.8, 4) is 0 Å². The van der Waals surface area contributed by atoms with Gasteiger partial charge in [-0.2, -0.15) is 0 Å². The SMILES string of the molecule is CCCCCCCCC(=O)C1(C)CCCN1. The molecule has 0 spiro atoms. The zero-order valence-electron chi connectivity index (χ0n) is 11.0. The Balaban J connectivity index is 2.06. The number of carbonyl (C=O) groups is 1. The minimum atomic E-state index is -0.191. The predicted octanol–water partition coefficient (Wildman–Crippen LogP) is 3.45. The minimum Gasteiger partial charge on any atom is -0.305 e. The van der Waals surface area contributed by atoms with Gasteiger partial charge in [0.25, 0.3) is 0 Å². The molecule has 0 aromatic carbocycles. The van der Waals surface area contributed by atoms with Gasteiger partial charge in [0.15, 0.2) is 5.78 Å². The van der Waals surface area contributed by atoms with E-state index in [4.69, 9.17) is 0 Å². The van der Waals surface area contributed by atoms with Gasteiger partial charge < -0.3 is 5.32 Å². The fourth-order valence-electron chi connectivity index (χ4n) is 2.47. The normalized spacial score (nSPS) is 24.9. The third-order valence-electron chi connectivity index (χ3n) is 3.74. The van der Waals surface area contributed by atoms with Crippen molar-refractivity contribution in [3.63, 3.8) is 0 Å². The maximum Gasteiger partial charge on any atom is 0.152 e. The molecule has 0 radical (unpaired) electrons. The Morgan fingerprint density at radius 2 is 1.88 bits per heavy atom. The van der Waals surface area contributed by atoms with E-state index in [1.54, 1.807) is 0 Å². The predicted molar refractivity (Wildman–Crippen MR) is 68.6 cm³/mol. The lowest BCUT2D eigenvalue weighted by atomic mass is 9.91. The number of unbranched alkanes of at least 4 members (excludes halogenated alkanes) is 5. The summed E-state index contributed by atoms with van der Waals surface area (Å²) in [6, 6.07) is 0. The maximum atomic E-state index is 12.0. The number of ketones is 1. The van der Waals surface area contributed by atoms with E-state index in [-0.39, 0.29) is 5.54 Å². The largest absolute Gasteiger partial charge is 0.305 e. The molecule has 0 amide bonds. The first-order valence-corrected chi connectivity index (χ1v) is 6.97. The lowest BCUT2D eigenvalue weighted by molar-refractivity contribution is -0.124. The molecular formula is C14H27NO. The number of rotatable bonds is 8. The Kier molecular flexibility index (Phi) is 6.04. The first kappa shape index (κ1) is 13.7. The molecule has 16 heavy (non-hydrogen) atoms. The first-order valence-electron chi connectivity index (χ1n) is 6.97. The summed E-state index contributed by atoms with van der Waals surface area (Å²) in [7, 11) is 0. The van der Waals surface area contributed by atoms with Gasteiger partial charge in [-0.15, -0.1) is 0 Å². The molecule has 1 saturated heterocycles. The van der Waals surface area contributed by atoms with E-state index in [2.05, 4.69) is 19.2 Å². The molecule has 0 aromatic heterocycles. The van der Waals surface area contributed by atoms with Gasteiger partial charge in [-0.25, -0.2) is 0 Å². The van der Waals surface area contributed by atoms with Crippen LogP contribution in [-0.2, 0) is 4.79 Å². The lowest BCUT2D eigenvalue weighted by Gasteiger charge is -2.22. The molecule has 0 saturated carbocycles. The van der Waals surface area contributed by atoms with Crippen LogP contribution in [0, 0.1) is 0 Å². The second-order valence-electron chi connectivity index (χ2n) is 5.30. The molecule has 94 valence electrons. The molecule has 1 N–H and O–H groups in total. The molecule has 1 atom stereocenters. The maximum absolute atomic E-state index is 12.0. The third kappa shape index (κ3) is 4.25.